The number of alkyl halides is 3. The Morgan fingerprint density at radius 1 is 1.33 bits per heavy atom. The third kappa shape index (κ3) is 4.87. The van der Waals surface area contributed by atoms with Crippen molar-refractivity contribution in [2.75, 3.05) is 13.6 Å². The van der Waals surface area contributed by atoms with Gasteiger partial charge in [-0.2, -0.15) is 0 Å². The number of carboxylic acid groups (broad SMARTS) is 1. The molecular weight excluding hydrogens is 327 g/mol. The van der Waals surface area contributed by atoms with Gasteiger partial charge in [-0.3, -0.25) is 9.59 Å². The second-order valence-corrected chi connectivity index (χ2v) is 5.79. The molecule has 1 saturated carbocycles. The van der Waals surface area contributed by atoms with Gasteiger partial charge in [-0.1, -0.05) is 18.2 Å². The fourth-order valence-corrected chi connectivity index (χ4v) is 2.68. The second kappa shape index (κ2) is 7.11. The average Bonchev–Trinajstić information content (AvgIpc) is 3.25. The Morgan fingerprint density at radius 3 is 2.62 bits per heavy atom. The Hall–Kier alpha value is -2.25. The highest BCUT2D eigenvalue weighted by molar-refractivity contribution is 5.83. The number of halogens is 3. The van der Waals surface area contributed by atoms with Crippen LogP contribution in [0.1, 0.15) is 30.7 Å². The van der Waals surface area contributed by atoms with Gasteiger partial charge in [-0.05, 0) is 30.4 Å². The molecular formula is C16H18F3NO4. The van der Waals surface area contributed by atoms with E-state index in [-0.39, 0.29) is 24.0 Å². The zero-order valence-electron chi connectivity index (χ0n) is 13.0. The summed E-state index contributed by atoms with van der Waals surface area (Å²) in [5, 5.41) is 8.59. The van der Waals surface area contributed by atoms with Gasteiger partial charge in [0, 0.05) is 25.9 Å². The largest absolute Gasteiger partial charge is 0.573 e. The molecule has 0 spiro atoms. The van der Waals surface area contributed by atoms with Crippen LogP contribution in [0.15, 0.2) is 24.3 Å². The van der Waals surface area contributed by atoms with E-state index in [2.05, 4.69) is 4.74 Å². The van der Waals surface area contributed by atoms with Gasteiger partial charge in [0.1, 0.15) is 5.75 Å². The highest BCUT2D eigenvalue weighted by Crippen LogP contribution is 2.51. The topological polar surface area (TPSA) is 66.8 Å². The van der Waals surface area contributed by atoms with Gasteiger partial charge in [-0.15, -0.1) is 13.2 Å². The third-order valence-corrected chi connectivity index (χ3v) is 3.91. The molecule has 1 aromatic rings. The van der Waals surface area contributed by atoms with Gasteiger partial charge in [0.2, 0.25) is 5.91 Å². The molecule has 132 valence electrons. The Kier molecular flexibility index (Phi) is 5.36. The summed E-state index contributed by atoms with van der Waals surface area (Å²) in [6.07, 6.45) is -4.02. The van der Waals surface area contributed by atoms with Crippen LogP contribution in [0.5, 0.6) is 5.75 Å². The maximum Gasteiger partial charge on any atom is 0.573 e. The number of hydrogen-bond donors (Lipinski definition) is 1. The summed E-state index contributed by atoms with van der Waals surface area (Å²) in [5.41, 5.74) is 0.368. The first-order chi connectivity index (χ1) is 11.2. The van der Waals surface area contributed by atoms with E-state index in [4.69, 9.17) is 5.11 Å². The smallest absolute Gasteiger partial charge is 0.481 e. The van der Waals surface area contributed by atoms with Gasteiger partial charge in [0.25, 0.3) is 0 Å². The Balaban J connectivity index is 1.97. The minimum atomic E-state index is -4.78. The molecule has 1 N–H and O–H groups in total. The molecule has 0 aliphatic heterocycles. The van der Waals surface area contributed by atoms with Crippen molar-refractivity contribution in [2.24, 2.45) is 5.92 Å². The highest BCUT2D eigenvalue weighted by atomic mass is 19.4. The molecule has 0 aromatic heterocycles. The monoisotopic (exact) mass is 345 g/mol. The lowest BCUT2D eigenvalue weighted by atomic mass is 10.1. The molecule has 1 amide bonds. The van der Waals surface area contributed by atoms with E-state index in [1.165, 1.54) is 23.1 Å². The van der Waals surface area contributed by atoms with Gasteiger partial charge in [0.05, 0.1) is 0 Å². The third-order valence-electron chi connectivity index (χ3n) is 3.91. The summed E-state index contributed by atoms with van der Waals surface area (Å²) in [4.78, 5) is 24.2. The predicted molar refractivity (Wildman–Crippen MR) is 78.5 cm³/mol. The summed E-state index contributed by atoms with van der Waals surface area (Å²) in [6.45, 7) is 0.301. The van der Waals surface area contributed by atoms with Crippen LogP contribution in [0.4, 0.5) is 13.2 Å². The number of hydrogen-bond acceptors (Lipinski definition) is 3. The molecule has 1 aliphatic rings. The van der Waals surface area contributed by atoms with Crippen molar-refractivity contribution in [3.8, 4) is 5.75 Å². The number of aliphatic carboxylic acids is 1. The van der Waals surface area contributed by atoms with Crippen LogP contribution in [0.25, 0.3) is 0 Å². The molecule has 1 fully saturated rings. The molecule has 1 aromatic carbocycles. The number of carbonyl (C=O) groups excluding carboxylic acids is 1. The summed E-state index contributed by atoms with van der Waals surface area (Å²) in [6, 6.07) is 5.82. The summed E-state index contributed by atoms with van der Waals surface area (Å²) < 4.78 is 41.4. The lowest BCUT2D eigenvalue weighted by Crippen LogP contribution is -2.29. The Labute approximate surface area is 137 Å². The number of para-hydroxylation sites is 1. The molecule has 8 heteroatoms. The Morgan fingerprint density at radius 2 is 2.00 bits per heavy atom. The van der Waals surface area contributed by atoms with Gasteiger partial charge < -0.3 is 14.7 Å². The summed E-state index contributed by atoms with van der Waals surface area (Å²) >= 11 is 0. The standard InChI is InChI=1S/C16H18F3NO4/c1-20(8-4-7-14(21)22)15(23)12-9-11(12)10-5-2-3-6-13(10)24-16(17,18)19/h2-3,5-6,11-12H,4,7-9H2,1H3,(H,21,22)/t11-,12+/m1/s1. The van der Waals surface area contributed by atoms with Crippen LogP contribution < -0.4 is 4.74 Å². The molecule has 2 rings (SSSR count). The van der Waals surface area contributed by atoms with E-state index in [0.717, 1.165) is 0 Å². The first kappa shape index (κ1) is 18.1. The van der Waals surface area contributed by atoms with E-state index in [9.17, 15) is 22.8 Å². The molecule has 2 atom stereocenters. The first-order valence-electron chi connectivity index (χ1n) is 7.50. The number of rotatable bonds is 7. The van der Waals surface area contributed by atoms with E-state index >= 15 is 0 Å². The van der Waals surface area contributed by atoms with Crippen LogP contribution in [0, 0.1) is 5.92 Å². The van der Waals surface area contributed by atoms with E-state index in [0.29, 0.717) is 24.9 Å². The molecule has 0 unspecified atom stereocenters. The van der Waals surface area contributed by atoms with Crippen molar-refractivity contribution in [3.63, 3.8) is 0 Å². The van der Waals surface area contributed by atoms with Crippen LogP contribution in [0.2, 0.25) is 0 Å². The number of carboxylic acids is 1. The molecule has 0 radical (unpaired) electrons. The fourth-order valence-electron chi connectivity index (χ4n) is 2.68. The van der Waals surface area contributed by atoms with Gasteiger partial charge >= 0.3 is 12.3 Å². The normalized spacial score (nSPS) is 19.7. The van der Waals surface area contributed by atoms with Crippen LogP contribution in [0.3, 0.4) is 0 Å². The van der Waals surface area contributed by atoms with Crippen molar-refractivity contribution in [2.45, 2.75) is 31.5 Å². The van der Waals surface area contributed by atoms with Crippen LogP contribution >= 0.6 is 0 Å². The quantitative estimate of drug-likeness (QED) is 0.825. The predicted octanol–water partition coefficient (Wildman–Crippen LogP) is 3.01. The van der Waals surface area contributed by atoms with Crippen molar-refractivity contribution >= 4 is 11.9 Å². The molecule has 0 saturated heterocycles. The Bertz CT molecular complexity index is 618. The maximum absolute atomic E-state index is 12.4. The lowest BCUT2D eigenvalue weighted by molar-refractivity contribution is -0.274. The van der Waals surface area contributed by atoms with E-state index in [1.54, 1.807) is 13.1 Å². The van der Waals surface area contributed by atoms with E-state index in [1.807, 2.05) is 0 Å². The van der Waals surface area contributed by atoms with Crippen molar-refractivity contribution in [3.05, 3.63) is 29.8 Å². The lowest BCUT2D eigenvalue weighted by Gasteiger charge is -2.17. The number of carbonyl (C=O) groups is 2. The van der Waals surface area contributed by atoms with Crippen molar-refractivity contribution in [1.82, 2.24) is 4.90 Å². The second-order valence-electron chi connectivity index (χ2n) is 5.79. The zero-order valence-corrected chi connectivity index (χ0v) is 13.0. The van der Waals surface area contributed by atoms with E-state index < -0.39 is 18.2 Å². The first-order valence-corrected chi connectivity index (χ1v) is 7.50. The van der Waals surface area contributed by atoms with Gasteiger partial charge in [-0.25, -0.2) is 0 Å². The molecule has 1 aliphatic carbocycles. The fraction of sp³-hybridized carbons (Fsp3) is 0.500. The molecule has 0 bridgehead atoms. The highest BCUT2D eigenvalue weighted by Gasteiger charge is 2.47. The summed E-state index contributed by atoms with van der Waals surface area (Å²) in [5.74, 6) is -2.10. The molecule has 0 heterocycles. The number of benzene rings is 1. The number of amides is 1. The number of ether oxygens (including phenoxy) is 1. The maximum atomic E-state index is 12.4. The SMILES string of the molecule is CN(CCCC(=O)O)C(=O)[C@H]1C[C@@H]1c1ccccc1OC(F)(F)F. The van der Waals surface area contributed by atoms with Gasteiger partial charge in [0.15, 0.2) is 0 Å². The minimum Gasteiger partial charge on any atom is -0.481 e. The average molecular weight is 345 g/mol. The summed E-state index contributed by atoms with van der Waals surface area (Å²) in [7, 11) is 1.57. The number of nitrogens with zero attached hydrogens (tertiary/aromatic N) is 1. The molecule has 5 nitrogen and oxygen atoms in total. The van der Waals surface area contributed by atoms with Crippen LogP contribution in [-0.4, -0.2) is 41.8 Å². The van der Waals surface area contributed by atoms with Crippen LogP contribution in [-0.2, 0) is 9.59 Å². The zero-order chi connectivity index (χ0) is 17.9. The minimum absolute atomic E-state index is 0.0338. The molecule has 24 heavy (non-hydrogen) atoms. The van der Waals surface area contributed by atoms with Crippen molar-refractivity contribution < 1.29 is 32.6 Å². The van der Waals surface area contributed by atoms with Crippen molar-refractivity contribution in [1.29, 1.82) is 0 Å².